The Morgan fingerprint density at radius 2 is 2.11 bits per heavy atom. The molecule has 0 aromatic heterocycles. The molecule has 1 aromatic carbocycles. The van der Waals surface area contributed by atoms with Gasteiger partial charge in [-0.25, -0.2) is 0 Å². The molecule has 19 heavy (non-hydrogen) atoms. The van der Waals surface area contributed by atoms with Gasteiger partial charge >= 0.3 is 0 Å². The molecule has 3 nitrogen and oxygen atoms in total. The quantitative estimate of drug-likeness (QED) is 0.834. The summed E-state index contributed by atoms with van der Waals surface area (Å²) >= 11 is 3.55. The fraction of sp³-hybridized carbons (Fsp3) is 0.600. The van der Waals surface area contributed by atoms with E-state index in [-0.39, 0.29) is 12.2 Å². The SMILES string of the molecule is CCCOC1C(NC)CC1OCc1ccccc1Br. The average Bonchev–Trinajstić information content (AvgIpc) is 2.40. The van der Waals surface area contributed by atoms with Crippen LogP contribution in [0.3, 0.4) is 0 Å². The summed E-state index contributed by atoms with van der Waals surface area (Å²) in [6.45, 7) is 3.57. The van der Waals surface area contributed by atoms with E-state index in [2.05, 4.69) is 34.2 Å². The lowest BCUT2D eigenvalue weighted by molar-refractivity contribution is -0.151. The second-order valence-corrected chi connectivity index (χ2v) is 5.76. The molecule has 1 N–H and O–H groups in total. The summed E-state index contributed by atoms with van der Waals surface area (Å²) in [6, 6.07) is 8.60. The Kier molecular flexibility index (Phi) is 5.82. The molecule has 4 heteroatoms. The van der Waals surface area contributed by atoms with Crippen molar-refractivity contribution in [3.05, 3.63) is 34.3 Å². The topological polar surface area (TPSA) is 30.5 Å². The maximum atomic E-state index is 5.99. The van der Waals surface area contributed by atoms with E-state index < -0.39 is 0 Å². The molecule has 1 aliphatic rings. The van der Waals surface area contributed by atoms with Crippen molar-refractivity contribution in [2.24, 2.45) is 0 Å². The van der Waals surface area contributed by atoms with E-state index in [9.17, 15) is 0 Å². The first-order valence-corrected chi connectivity index (χ1v) is 7.69. The molecule has 106 valence electrons. The zero-order valence-corrected chi connectivity index (χ0v) is 13.2. The molecule has 0 bridgehead atoms. The van der Waals surface area contributed by atoms with Crippen LogP contribution in [0, 0.1) is 0 Å². The van der Waals surface area contributed by atoms with Crippen LogP contribution < -0.4 is 5.32 Å². The molecule has 1 aromatic rings. The molecule has 3 atom stereocenters. The Balaban J connectivity index is 1.84. The van der Waals surface area contributed by atoms with Gasteiger partial charge < -0.3 is 14.8 Å². The number of likely N-dealkylation sites (N-methyl/N-ethyl adjacent to an activating group) is 1. The number of ether oxygens (including phenoxy) is 2. The van der Waals surface area contributed by atoms with Gasteiger partial charge in [-0.15, -0.1) is 0 Å². The van der Waals surface area contributed by atoms with Gasteiger partial charge in [0.05, 0.1) is 18.8 Å². The van der Waals surface area contributed by atoms with Crippen LogP contribution in [0.2, 0.25) is 0 Å². The molecular formula is C15H22BrNO2. The van der Waals surface area contributed by atoms with Crippen LogP contribution in [0.25, 0.3) is 0 Å². The van der Waals surface area contributed by atoms with Crippen molar-refractivity contribution in [2.75, 3.05) is 13.7 Å². The van der Waals surface area contributed by atoms with Gasteiger partial charge in [0.25, 0.3) is 0 Å². The second-order valence-electron chi connectivity index (χ2n) is 4.91. The molecule has 0 amide bonds. The van der Waals surface area contributed by atoms with Crippen LogP contribution >= 0.6 is 15.9 Å². The van der Waals surface area contributed by atoms with Crippen molar-refractivity contribution in [3.8, 4) is 0 Å². The lowest BCUT2D eigenvalue weighted by Crippen LogP contribution is -2.59. The van der Waals surface area contributed by atoms with Gasteiger partial charge in [0, 0.05) is 17.1 Å². The normalized spacial score (nSPS) is 26.2. The fourth-order valence-electron chi connectivity index (χ4n) is 2.32. The molecular weight excluding hydrogens is 306 g/mol. The highest BCUT2D eigenvalue weighted by atomic mass is 79.9. The molecule has 3 unspecified atom stereocenters. The van der Waals surface area contributed by atoms with Gasteiger partial charge in [-0.1, -0.05) is 41.1 Å². The molecule has 1 fully saturated rings. The monoisotopic (exact) mass is 327 g/mol. The number of hydrogen-bond donors (Lipinski definition) is 1. The maximum Gasteiger partial charge on any atom is 0.0990 e. The Bertz CT molecular complexity index is 399. The lowest BCUT2D eigenvalue weighted by atomic mass is 9.85. The van der Waals surface area contributed by atoms with Gasteiger partial charge in [0.2, 0.25) is 0 Å². The molecule has 0 spiro atoms. The van der Waals surface area contributed by atoms with Crippen LogP contribution in [0.15, 0.2) is 28.7 Å². The molecule has 0 heterocycles. The minimum atomic E-state index is 0.187. The number of hydrogen-bond acceptors (Lipinski definition) is 3. The van der Waals surface area contributed by atoms with Gasteiger partial charge in [-0.05, 0) is 31.5 Å². The third-order valence-corrected chi connectivity index (χ3v) is 4.32. The summed E-state index contributed by atoms with van der Waals surface area (Å²) in [6.07, 6.45) is 2.46. The summed E-state index contributed by atoms with van der Waals surface area (Å²) in [4.78, 5) is 0. The largest absolute Gasteiger partial charge is 0.374 e. The number of rotatable bonds is 7. The number of halogens is 1. The smallest absolute Gasteiger partial charge is 0.0990 e. The van der Waals surface area contributed by atoms with Crippen molar-refractivity contribution in [2.45, 2.75) is 44.6 Å². The first-order valence-electron chi connectivity index (χ1n) is 6.90. The van der Waals surface area contributed by atoms with Crippen molar-refractivity contribution in [1.82, 2.24) is 5.32 Å². The molecule has 1 aliphatic carbocycles. The lowest BCUT2D eigenvalue weighted by Gasteiger charge is -2.43. The van der Waals surface area contributed by atoms with Crippen LogP contribution in [0.1, 0.15) is 25.3 Å². The predicted molar refractivity (Wildman–Crippen MR) is 80.2 cm³/mol. The van der Waals surface area contributed by atoms with Gasteiger partial charge in [-0.3, -0.25) is 0 Å². The average molecular weight is 328 g/mol. The van der Waals surface area contributed by atoms with Gasteiger partial charge in [-0.2, -0.15) is 0 Å². The van der Waals surface area contributed by atoms with Crippen LogP contribution in [0.5, 0.6) is 0 Å². The molecule has 0 radical (unpaired) electrons. The Morgan fingerprint density at radius 3 is 2.79 bits per heavy atom. The first kappa shape index (κ1) is 15.0. The number of benzene rings is 1. The van der Waals surface area contributed by atoms with E-state index in [1.807, 2.05) is 25.2 Å². The van der Waals surface area contributed by atoms with E-state index in [1.165, 1.54) is 5.56 Å². The summed E-state index contributed by atoms with van der Waals surface area (Å²) < 4.78 is 13.0. The zero-order chi connectivity index (χ0) is 13.7. The summed E-state index contributed by atoms with van der Waals surface area (Å²) in [5.74, 6) is 0. The highest BCUT2D eigenvalue weighted by molar-refractivity contribution is 9.10. The highest BCUT2D eigenvalue weighted by Crippen LogP contribution is 2.29. The summed E-state index contributed by atoms with van der Waals surface area (Å²) in [7, 11) is 1.98. The zero-order valence-electron chi connectivity index (χ0n) is 11.6. The number of nitrogens with one attached hydrogen (secondary N) is 1. The Labute approximate surface area is 123 Å². The summed E-state index contributed by atoms with van der Waals surface area (Å²) in [5.41, 5.74) is 1.18. The second kappa shape index (κ2) is 7.39. The van der Waals surface area contributed by atoms with Crippen molar-refractivity contribution in [1.29, 1.82) is 0 Å². The standard InChI is InChI=1S/C15H22BrNO2/c1-3-8-18-15-13(17-2)9-14(15)19-10-11-6-4-5-7-12(11)16/h4-7,13-15,17H,3,8-10H2,1-2H3. The van der Waals surface area contributed by atoms with Crippen molar-refractivity contribution in [3.63, 3.8) is 0 Å². The fourth-order valence-corrected chi connectivity index (χ4v) is 2.72. The van der Waals surface area contributed by atoms with E-state index >= 15 is 0 Å². The van der Waals surface area contributed by atoms with E-state index in [0.717, 1.165) is 23.9 Å². The van der Waals surface area contributed by atoms with Gasteiger partial charge in [0.1, 0.15) is 0 Å². The molecule has 2 rings (SSSR count). The van der Waals surface area contributed by atoms with E-state index in [0.29, 0.717) is 12.6 Å². The minimum Gasteiger partial charge on any atom is -0.374 e. The molecule has 1 saturated carbocycles. The maximum absolute atomic E-state index is 5.99. The Hall–Kier alpha value is -0.420. The van der Waals surface area contributed by atoms with E-state index in [1.54, 1.807) is 0 Å². The Morgan fingerprint density at radius 1 is 1.32 bits per heavy atom. The van der Waals surface area contributed by atoms with E-state index in [4.69, 9.17) is 9.47 Å². The van der Waals surface area contributed by atoms with Gasteiger partial charge in [0.15, 0.2) is 0 Å². The van der Waals surface area contributed by atoms with Crippen LogP contribution in [-0.4, -0.2) is 31.9 Å². The highest BCUT2D eigenvalue weighted by Gasteiger charge is 2.41. The summed E-state index contributed by atoms with van der Waals surface area (Å²) in [5, 5.41) is 3.29. The van der Waals surface area contributed by atoms with Crippen LogP contribution in [-0.2, 0) is 16.1 Å². The first-order chi connectivity index (χ1) is 9.26. The van der Waals surface area contributed by atoms with Crippen molar-refractivity contribution < 1.29 is 9.47 Å². The third kappa shape index (κ3) is 3.78. The molecule has 0 aliphatic heterocycles. The van der Waals surface area contributed by atoms with Crippen LogP contribution in [0.4, 0.5) is 0 Å². The third-order valence-electron chi connectivity index (χ3n) is 3.55. The molecule has 0 saturated heterocycles. The minimum absolute atomic E-state index is 0.187. The predicted octanol–water partition coefficient (Wildman–Crippen LogP) is 3.12. The van der Waals surface area contributed by atoms with Crippen molar-refractivity contribution >= 4 is 15.9 Å².